The summed E-state index contributed by atoms with van der Waals surface area (Å²) in [4.78, 5) is 26.2. The first-order chi connectivity index (χ1) is 11.4. The van der Waals surface area contributed by atoms with Crippen molar-refractivity contribution in [1.29, 1.82) is 0 Å². The minimum atomic E-state index is -0.251. The molecule has 2 rings (SSSR count). The zero-order chi connectivity index (χ0) is 17.9. The number of amides is 2. The molecule has 1 atom stereocenters. The second-order valence-electron chi connectivity index (χ2n) is 5.12. The number of terminal acetylenes is 1. The fourth-order valence-electron chi connectivity index (χ4n) is 2.11. The van der Waals surface area contributed by atoms with Crippen LogP contribution in [0.5, 0.6) is 5.75 Å². The van der Waals surface area contributed by atoms with Crippen LogP contribution < -0.4 is 4.74 Å². The maximum absolute atomic E-state index is 12.4. The number of carbonyl (C=O) groups excluding carboxylic acids is 2. The molecule has 126 valence electrons. The molecule has 0 aromatic heterocycles. The van der Waals surface area contributed by atoms with E-state index in [2.05, 4.69) is 37.8 Å². The quantitative estimate of drug-likeness (QED) is 0.444. The summed E-state index contributed by atoms with van der Waals surface area (Å²) >= 11 is 7.82. The molecule has 4 nitrogen and oxygen atoms in total. The number of nitrogens with zero attached hydrogens (tertiary/aromatic N) is 1. The van der Waals surface area contributed by atoms with Gasteiger partial charge in [-0.25, -0.2) is 0 Å². The predicted octanol–water partition coefficient (Wildman–Crippen LogP) is 5.06. The number of halogens is 2. The highest BCUT2D eigenvalue weighted by Crippen LogP contribution is 2.38. The smallest absolute Gasteiger partial charge is 0.293 e. The van der Waals surface area contributed by atoms with E-state index in [1.807, 2.05) is 26.0 Å². The molecule has 1 aliphatic rings. The van der Waals surface area contributed by atoms with E-state index in [1.165, 1.54) is 4.90 Å². The van der Waals surface area contributed by atoms with E-state index in [0.29, 0.717) is 19.6 Å². The summed E-state index contributed by atoms with van der Waals surface area (Å²) in [5.74, 6) is 2.75. The highest BCUT2D eigenvalue weighted by molar-refractivity contribution is 9.11. The zero-order valence-corrected chi connectivity index (χ0v) is 17.1. The molecule has 1 aromatic carbocycles. The summed E-state index contributed by atoms with van der Waals surface area (Å²) in [6.07, 6.45) is 7.63. The van der Waals surface area contributed by atoms with Crippen LogP contribution in [0.4, 0.5) is 4.79 Å². The molecule has 0 aliphatic carbocycles. The van der Waals surface area contributed by atoms with Gasteiger partial charge in [0.15, 0.2) is 0 Å². The van der Waals surface area contributed by atoms with E-state index < -0.39 is 0 Å². The van der Waals surface area contributed by atoms with Gasteiger partial charge in [-0.15, -0.1) is 6.42 Å². The van der Waals surface area contributed by atoms with Crippen LogP contribution in [0.25, 0.3) is 6.08 Å². The lowest BCUT2D eigenvalue weighted by molar-refractivity contribution is -0.124. The zero-order valence-electron chi connectivity index (χ0n) is 13.1. The number of hydrogen-bond acceptors (Lipinski definition) is 4. The molecule has 0 radical (unpaired) electrons. The fraction of sp³-hybridized carbons (Fsp3) is 0.294. The van der Waals surface area contributed by atoms with Crippen LogP contribution in [-0.2, 0) is 4.79 Å². The molecular weight excluding hydrogens is 458 g/mol. The van der Waals surface area contributed by atoms with Gasteiger partial charge in [-0.1, -0.05) is 12.8 Å². The van der Waals surface area contributed by atoms with Gasteiger partial charge >= 0.3 is 0 Å². The first kappa shape index (κ1) is 19.1. The molecule has 1 saturated heterocycles. The molecule has 0 bridgehead atoms. The number of benzene rings is 1. The van der Waals surface area contributed by atoms with Crippen LogP contribution >= 0.6 is 43.6 Å². The lowest BCUT2D eigenvalue weighted by Crippen LogP contribution is -2.36. The second-order valence-corrected chi connectivity index (χ2v) is 7.82. The Kier molecular flexibility index (Phi) is 6.55. The van der Waals surface area contributed by atoms with Crippen LogP contribution in [0.2, 0.25) is 0 Å². The molecule has 1 aromatic rings. The van der Waals surface area contributed by atoms with E-state index in [4.69, 9.17) is 11.2 Å². The van der Waals surface area contributed by atoms with Gasteiger partial charge < -0.3 is 4.74 Å². The SMILES string of the molecule is C#CCOc1c(Br)cc(/C=C2/SC(=O)N([C@@H](C)CC)C2=O)cc1Br. The molecule has 1 aliphatic heterocycles. The third-order valence-electron chi connectivity index (χ3n) is 3.47. The first-order valence-corrected chi connectivity index (χ1v) is 9.61. The number of thioether (sulfide) groups is 1. The summed E-state index contributed by atoms with van der Waals surface area (Å²) in [5, 5.41) is -0.229. The average molecular weight is 473 g/mol. The standard InChI is InChI=1S/C17H15Br2NO3S/c1-4-6-23-15-12(18)7-11(8-13(15)19)9-14-16(21)20(10(3)5-2)17(22)24-14/h1,7-10H,5-6H2,2-3H3/b14-9+/t10-/m0/s1. The Bertz CT molecular complexity index is 732. The van der Waals surface area contributed by atoms with Crippen molar-refractivity contribution in [3.63, 3.8) is 0 Å². The summed E-state index contributed by atoms with van der Waals surface area (Å²) in [6.45, 7) is 3.97. The van der Waals surface area contributed by atoms with E-state index in [0.717, 1.165) is 23.7 Å². The second kappa shape index (κ2) is 8.24. The van der Waals surface area contributed by atoms with Crippen molar-refractivity contribution in [3.05, 3.63) is 31.5 Å². The van der Waals surface area contributed by atoms with Gasteiger partial charge in [0, 0.05) is 6.04 Å². The van der Waals surface area contributed by atoms with Crippen LogP contribution in [-0.4, -0.2) is 28.7 Å². The minimum Gasteiger partial charge on any atom is -0.479 e. The van der Waals surface area contributed by atoms with Crippen molar-refractivity contribution in [2.24, 2.45) is 0 Å². The van der Waals surface area contributed by atoms with Crippen molar-refractivity contribution in [3.8, 4) is 18.1 Å². The number of hydrogen-bond donors (Lipinski definition) is 0. The number of imide groups is 1. The Balaban J connectivity index is 2.31. The van der Waals surface area contributed by atoms with Crippen molar-refractivity contribution in [2.75, 3.05) is 6.61 Å². The summed E-state index contributed by atoms with van der Waals surface area (Å²) in [7, 11) is 0. The Morgan fingerprint density at radius 1 is 1.38 bits per heavy atom. The van der Waals surface area contributed by atoms with Crippen LogP contribution in [0.15, 0.2) is 26.0 Å². The molecule has 24 heavy (non-hydrogen) atoms. The molecule has 0 saturated carbocycles. The van der Waals surface area contributed by atoms with Crippen LogP contribution in [0, 0.1) is 12.3 Å². The molecule has 0 spiro atoms. The average Bonchev–Trinajstić information content (AvgIpc) is 2.80. The Hall–Kier alpha value is -1.23. The molecule has 2 amide bonds. The van der Waals surface area contributed by atoms with Crippen LogP contribution in [0.3, 0.4) is 0 Å². The number of ether oxygens (including phenoxy) is 1. The topological polar surface area (TPSA) is 46.6 Å². The van der Waals surface area contributed by atoms with E-state index >= 15 is 0 Å². The van der Waals surface area contributed by atoms with Crippen molar-refractivity contribution < 1.29 is 14.3 Å². The van der Waals surface area contributed by atoms with E-state index in [-0.39, 0.29) is 23.8 Å². The normalized spacial score (nSPS) is 17.3. The lowest BCUT2D eigenvalue weighted by atomic mass is 10.2. The monoisotopic (exact) mass is 471 g/mol. The lowest BCUT2D eigenvalue weighted by Gasteiger charge is -2.19. The van der Waals surface area contributed by atoms with Crippen LogP contribution in [0.1, 0.15) is 25.8 Å². The highest BCUT2D eigenvalue weighted by Gasteiger charge is 2.37. The van der Waals surface area contributed by atoms with Gasteiger partial charge in [-0.3, -0.25) is 14.5 Å². The highest BCUT2D eigenvalue weighted by atomic mass is 79.9. The van der Waals surface area contributed by atoms with Crippen molar-refractivity contribution >= 4 is 60.8 Å². The van der Waals surface area contributed by atoms with Gasteiger partial charge in [-0.2, -0.15) is 0 Å². The molecule has 0 unspecified atom stereocenters. The summed E-state index contributed by atoms with van der Waals surface area (Å²) in [5.41, 5.74) is 0.774. The molecular formula is C17H15Br2NO3S. The molecule has 7 heteroatoms. The van der Waals surface area contributed by atoms with Gasteiger partial charge in [0.05, 0.1) is 13.9 Å². The first-order valence-electron chi connectivity index (χ1n) is 7.21. The predicted molar refractivity (Wildman–Crippen MR) is 104 cm³/mol. The Morgan fingerprint density at radius 2 is 2.00 bits per heavy atom. The van der Waals surface area contributed by atoms with Crippen molar-refractivity contribution in [2.45, 2.75) is 26.3 Å². The summed E-state index contributed by atoms with van der Waals surface area (Å²) < 4.78 is 6.87. The molecule has 0 N–H and O–H groups in total. The number of carbonyl (C=O) groups is 2. The molecule has 1 fully saturated rings. The number of rotatable bonds is 5. The largest absolute Gasteiger partial charge is 0.479 e. The fourth-order valence-corrected chi connectivity index (χ4v) is 4.49. The molecule has 1 heterocycles. The van der Waals surface area contributed by atoms with Crippen molar-refractivity contribution in [1.82, 2.24) is 4.90 Å². The maximum atomic E-state index is 12.4. The third-order valence-corrected chi connectivity index (χ3v) is 5.54. The van der Waals surface area contributed by atoms with Gasteiger partial charge in [0.1, 0.15) is 12.4 Å². The maximum Gasteiger partial charge on any atom is 0.293 e. The Morgan fingerprint density at radius 3 is 2.54 bits per heavy atom. The Labute approximate surface area is 162 Å². The summed E-state index contributed by atoms with van der Waals surface area (Å²) in [6, 6.07) is 3.52. The minimum absolute atomic E-state index is 0.110. The third kappa shape index (κ3) is 4.05. The van der Waals surface area contributed by atoms with Gasteiger partial charge in [0.25, 0.3) is 11.1 Å². The van der Waals surface area contributed by atoms with Gasteiger partial charge in [0.2, 0.25) is 0 Å². The van der Waals surface area contributed by atoms with E-state index in [1.54, 1.807) is 6.08 Å². The van der Waals surface area contributed by atoms with E-state index in [9.17, 15) is 9.59 Å². The van der Waals surface area contributed by atoms with Gasteiger partial charge in [-0.05, 0) is 80.7 Å².